The third-order valence-electron chi connectivity index (χ3n) is 3.97. The summed E-state index contributed by atoms with van der Waals surface area (Å²) in [5.41, 5.74) is 0. The minimum atomic E-state index is -4.13. The summed E-state index contributed by atoms with van der Waals surface area (Å²) in [6.45, 7) is 2.35. The van der Waals surface area contributed by atoms with Crippen molar-refractivity contribution in [3.8, 4) is 0 Å². The molecule has 0 radical (unpaired) electrons. The Morgan fingerprint density at radius 1 is 0.818 bits per heavy atom. The molecule has 0 heterocycles. The van der Waals surface area contributed by atoms with Gasteiger partial charge < -0.3 is 9.66 Å². The molecule has 22 heavy (non-hydrogen) atoms. The average Bonchev–Trinajstić information content (AvgIpc) is 2.42. The fraction of sp³-hybridized carbons (Fsp3) is 1.00. The zero-order valence-corrected chi connectivity index (χ0v) is 18.5. The third-order valence-corrected chi connectivity index (χ3v) is 5.26. The van der Waals surface area contributed by atoms with Gasteiger partial charge in [0, 0.05) is 11.9 Å². The van der Waals surface area contributed by atoms with Crippen molar-refractivity contribution in [3.63, 3.8) is 0 Å². The van der Waals surface area contributed by atoms with Crippen LogP contribution in [0.4, 0.5) is 0 Å². The Hall–Kier alpha value is 1.51. The van der Waals surface area contributed by atoms with Crippen LogP contribution in [0.1, 0.15) is 90.4 Å². The fourth-order valence-corrected chi connectivity index (χ4v) is 3.51. The summed E-state index contributed by atoms with van der Waals surface area (Å²) < 4.78 is 33.6. The van der Waals surface area contributed by atoms with E-state index in [1.54, 1.807) is 0 Å². The van der Waals surface area contributed by atoms with Crippen LogP contribution in [0, 0.1) is 0 Å². The van der Waals surface area contributed by atoms with Crippen molar-refractivity contribution in [1.82, 2.24) is 0 Å². The first-order chi connectivity index (χ1) is 10.0. The van der Waals surface area contributed by atoms with Crippen LogP contribution in [-0.4, -0.2) is 29.9 Å². The Kier molecular flexibility index (Phi) is 20.3. The average molecular weight is 361 g/mol. The van der Waals surface area contributed by atoms with Gasteiger partial charge >= 0.3 is 51.4 Å². The maximum Gasteiger partial charge on any atom is 1.00 e. The number of hydrogen-bond acceptors (Lipinski definition) is 4. The van der Waals surface area contributed by atoms with E-state index < -0.39 is 15.4 Å². The third kappa shape index (κ3) is 16.4. The second-order valence-electron chi connectivity index (χ2n) is 5.95. The van der Waals surface area contributed by atoms with Gasteiger partial charge in [0.25, 0.3) is 0 Å². The van der Waals surface area contributed by atoms with Crippen LogP contribution in [0.5, 0.6) is 0 Å². The van der Waals surface area contributed by atoms with Crippen LogP contribution in [0.3, 0.4) is 0 Å². The van der Waals surface area contributed by atoms with Crippen LogP contribution in [0.2, 0.25) is 0 Å². The number of unbranched alkanes of at least 4 members (excludes halogenated alkanes) is 9. The number of rotatable bonds is 15. The molecule has 0 saturated heterocycles. The summed E-state index contributed by atoms with van der Waals surface area (Å²) in [6.07, 6.45) is 12.4. The van der Waals surface area contributed by atoms with Crippen molar-refractivity contribution in [2.45, 2.75) is 95.6 Å². The zero-order valence-electron chi connectivity index (χ0n) is 14.6. The van der Waals surface area contributed by atoms with Gasteiger partial charge in [0.1, 0.15) is 0 Å². The summed E-state index contributed by atoms with van der Waals surface area (Å²) >= 11 is 0. The van der Waals surface area contributed by atoms with Crippen molar-refractivity contribution < 1.29 is 69.5 Å². The molecule has 0 aliphatic heterocycles. The molecule has 1 N–H and O–H groups in total. The largest absolute Gasteiger partial charge is 1.00 e. The summed E-state index contributed by atoms with van der Waals surface area (Å²) in [6, 6.07) is 0. The summed E-state index contributed by atoms with van der Waals surface area (Å²) in [4.78, 5) is 0. The molecule has 6 heteroatoms. The number of aliphatic hydroxyl groups is 1. The van der Waals surface area contributed by atoms with Gasteiger partial charge in [-0.05, 0) is 19.3 Å². The molecule has 4 nitrogen and oxygen atoms in total. The van der Waals surface area contributed by atoms with E-state index in [2.05, 4.69) is 6.92 Å². The Balaban J connectivity index is 0. The van der Waals surface area contributed by atoms with E-state index in [0.29, 0.717) is 12.8 Å². The van der Waals surface area contributed by atoms with E-state index in [9.17, 15) is 13.0 Å². The molecule has 0 bridgehead atoms. The smallest absolute Gasteiger partial charge is 0.748 e. The van der Waals surface area contributed by atoms with E-state index in [-0.39, 0.29) is 58.0 Å². The molecule has 1 atom stereocenters. The SMILES string of the molecule is CCCCCC(CCCCCCCCCCO)S(=O)(=O)[O-].[K+]. The summed E-state index contributed by atoms with van der Waals surface area (Å²) in [5.74, 6) is 0. The van der Waals surface area contributed by atoms with E-state index >= 15 is 0 Å². The first-order valence-corrected chi connectivity index (χ1v) is 10.0. The number of aliphatic hydroxyl groups excluding tert-OH is 1. The Morgan fingerprint density at radius 3 is 1.64 bits per heavy atom. The van der Waals surface area contributed by atoms with Gasteiger partial charge in [0.2, 0.25) is 0 Å². The topological polar surface area (TPSA) is 77.4 Å². The second kappa shape index (κ2) is 17.3. The summed E-state index contributed by atoms with van der Waals surface area (Å²) in [7, 11) is -4.13. The first kappa shape index (κ1) is 25.7. The van der Waals surface area contributed by atoms with Crippen LogP contribution >= 0.6 is 0 Å². The van der Waals surface area contributed by atoms with Gasteiger partial charge in [0.15, 0.2) is 0 Å². The van der Waals surface area contributed by atoms with E-state index in [1.807, 2.05) is 0 Å². The predicted molar refractivity (Wildman–Crippen MR) is 86.3 cm³/mol. The molecule has 0 aliphatic carbocycles. The van der Waals surface area contributed by atoms with Gasteiger partial charge in [-0.2, -0.15) is 0 Å². The molecule has 128 valence electrons. The molecule has 0 aromatic heterocycles. The van der Waals surface area contributed by atoms with Crippen LogP contribution < -0.4 is 51.4 Å². The first-order valence-electron chi connectivity index (χ1n) is 8.58. The van der Waals surface area contributed by atoms with E-state index in [0.717, 1.165) is 64.2 Å². The molecule has 0 saturated carbocycles. The second-order valence-corrected chi connectivity index (χ2v) is 7.60. The van der Waals surface area contributed by atoms with Crippen molar-refractivity contribution >= 4 is 10.1 Å². The van der Waals surface area contributed by atoms with Gasteiger partial charge in [-0.3, -0.25) is 0 Å². The molecular weight excluding hydrogens is 327 g/mol. The maximum absolute atomic E-state index is 11.2. The molecule has 0 amide bonds. The van der Waals surface area contributed by atoms with Crippen molar-refractivity contribution in [3.05, 3.63) is 0 Å². The normalized spacial score (nSPS) is 12.9. The Bertz CT molecular complexity index is 320. The zero-order chi connectivity index (χ0) is 16.0. The van der Waals surface area contributed by atoms with Crippen molar-refractivity contribution in [2.24, 2.45) is 0 Å². The molecular formula is C16H33KO4S. The van der Waals surface area contributed by atoms with Crippen LogP contribution in [-0.2, 0) is 10.1 Å². The van der Waals surface area contributed by atoms with E-state index in [1.165, 1.54) is 6.42 Å². The molecule has 0 rings (SSSR count). The van der Waals surface area contributed by atoms with Crippen LogP contribution in [0.15, 0.2) is 0 Å². The molecule has 0 aliphatic rings. The van der Waals surface area contributed by atoms with Gasteiger partial charge in [-0.1, -0.05) is 71.1 Å². The molecule has 0 aromatic carbocycles. The molecule has 0 spiro atoms. The molecule has 1 unspecified atom stereocenters. The summed E-state index contributed by atoms with van der Waals surface area (Å²) in [5, 5.41) is 7.99. The monoisotopic (exact) mass is 360 g/mol. The number of hydrogen-bond donors (Lipinski definition) is 1. The van der Waals surface area contributed by atoms with E-state index in [4.69, 9.17) is 5.11 Å². The molecule has 0 aromatic rings. The van der Waals surface area contributed by atoms with Crippen molar-refractivity contribution in [2.75, 3.05) is 6.61 Å². The minimum Gasteiger partial charge on any atom is -0.748 e. The van der Waals surface area contributed by atoms with Crippen LogP contribution in [0.25, 0.3) is 0 Å². The quantitative estimate of drug-likeness (QED) is 0.268. The van der Waals surface area contributed by atoms with Gasteiger partial charge in [-0.15, -0.1) is 0 Å². The predicted octanol–water partition coefficient (Wildman–Crippen LogP) is 0.988. The van der Waals surface area contributed by atoms with Gasteiger partial charge in [0.05, 0.1) is 10.1 Å². The van der Waals surface area contributed by atoms with Crippen molar-refractivity contribution in [1.29, 1.82) is 0 Å². The Labute approximate surface area is 180 Å². The Morgan fingerprint density at radius 2 is 1.23 bits per heavy atom. The molecule has 0 fully saturated rings. The maximum atomic E-state index is 11.2. The minimum absolute atomic E-state index is 0. The van der Waals surface area contributed by atoms with Gasteiger partial charge in [-0.25, -0.2) is 8.42 Å². The fourth-order valence-electron chi connectivity index (χ4n) is 2.60. The standard InChI is InChI=1S/C16H34O4S.K/c1-2-3-10-13-16(21(18,19)20)14-11-8-6-4-5-7-9-12-15-17;/h16-17H,2-15H2,1H3,(H,18,19,20);/q;+1/p-1.